The van der Waals surface area contributed by atoms with Crippen LogP contribution in [0.2, 0.25) is 13.1 Å². The number of aryl methyl sites for hydroxylation is 2. The van der Waals surface area contributed by atoms with Gasteiger partial charge in [0.05, 0.1) is 0 Å². The smallest absolute Gasteiger partial charge is 1.00 e. The summed E-state index contributed by atoms with van der Waals surface area (Å²) in [5.74, 6) is 0. The van der Waals surface area contributed by atoms with Gasteiger partial charge in [0.1, 0.15) is 0 Å². The molecular formula is C38H36Cl2N8SiZr. The molecule has 12 heteroatoms. The minimum Gasteiger partial charge on any atom is -1.00 e. The van der Waals surface area contributed by atoms with E-state index in [1.165, 1.54) is 66.8 Å². The second-order valence-electron chi connectivity index (χ2n) is 13.3. The third kappa shape index (κ3) is 6.32. The van der Waals surface area contributed by atoms with Crippen molar-refractivity contribution in [2.24, 2.45) is 0 Å². The Morgan fingerprint density at radius 1 is 0.560 bits per heavy atom. The second-order valence-corrected chi connectivity index (χ2v) is 31.2. The predicted molar refractivity (Wildman–Crippen MR) is 189 cm³/mol. The maximum atomic E-state index is 4.36. The monoisotopic (exact) mass is 792 g/mol. The molecule has 0 saturated heterocycles. The van der Waals surface area contributed by atoms with Crippen molar-refractivity contribution in [2.45, 2.75) is 48.0 Å². The van der Waals surface area contributed by atoms with Gasteiger partial charge in [0.15, 0.2) is 0 Å². The molecule has 0 radical (unpaired) electrons. The summed E-state index contributed by atoms with van der Waals surface area (Å²) in [5, 5.41) is 24.8. The van der Waals surface area contributed by atoms with Gasteiger partial charge in [-0.05, 0) is 0 Å². The molecule has 0 saturated carbocycles. The van der Waals surface area contributed by atoms with E-state index >= 15 is 0 Å². The van der Waals surface area contributed by atoms with Gasteiger partial charge in [-0.15, -0.1) is 0 Å². The number of hydrogen-bond donors (Lipinski definition) is 0. The number of benzene rings is 4. The Morgan fingerprint density at radius 3 is 1.30 bits per heavy atom. The van der Waals surface area contributed by atoms with Crippen molar-refractivity contribution in [3.63, 3.8) is 0 Å². The summed E-state index contributed by atoms with van der Waals surface area (Å²) in [6, 6.07) is 27.1. The molecule has 8 nitrogen and oxygen atoms in total. The van der Waals surface area contributed by atoms with Crippen LogP contribution in [0.25, 0.3) is 45.8 Å². The third-order valence-corrected chi connectivity index (χ3v) is 29.7. The van der Waals surface area contributed by atoms with Crippen molar-refractivity contribution in [3.05, 3.63) is 130 Å². The zero-order chi connectivity index (χ0) is 33.1. The number of tetrazole rings is 2. The molecule has 250 valence electrons. The summed E-state index contributed by atoms with van der Waals surface area (Å²) in [4.78, 5) is 0. The number of nitrogens with zero attached hydrogens (tertiary/aromatic N) is 8. The quantitative estimate of drug-likeness (QED) is 0.241. The summed E-state index contributed by atoms with van der Waals surface area (Å²) in [7, 11) is 0. The molecule has 2 heterocycles. The molecule has 0 amide bonds. The van der Waals surface area contributed by atoms with E-state index in [4.69, 9.17) is 0 Å². The van der Waals surface area contributed by atoms with Crippen LogP contribution in [-0.4, -0.2) is 45.8 Å². The summed E-state index contributed by atoms with van der Waals surface area (Å²) < 4.78 is 4.53. The van der Waals surface area contributed by atoms with Gasteiger partial charge in [0.2, 0.25) is 0 Å². The van der Waals surface area contributed by atoms with E-state index in [1.807, 2.05) is 9.36 Å². The van der Waals surface area contributed by atoms with Gasteiger partial charge in [0, 0.05) is 0 Å². The van der Waals surface area contributed by atoms with Crippen LogP contribution in [0.3, 0.4) is 0 Å². The van der Waals surface area contributed by atoms with Crippen LogP contribution in [-0.2, 0) is 20.4 Å². The van der Waals surface area contributed by atoms with E-state index in [0.717, 1.165) is 11.4 Å². The van der Waals surface area contributed by atoms with Crippen LogP contribution >= 0.6 is 0 Å². The Hall–Kier alpha value is -3.82. The zero-order valence-electron chi connectivity index (χ0n) is 28.7. The Bertz CT molecular complexity index is 2140. The van der Waals surface area contributed by atoms with E-state index in [1.54, 1.807) is 12.7 Å². The van der Waals surface area contributed by atoms with Crippen molar-refractivity contribution in [1.29, 1.82) is 0 Å². The van der Waals surface area contributed by atoms with Crippen LogP contribution in [0.15, 0.2) is 96.6 Å². The maximum absolute atomic E-state index is 4.36. The minimum atomic E-state index is -2.43. The Labute approximate surface area is 312 Å². The fourth-order valence-corrected chi connectivity index (χ4v) is 28.2. The van der Waals surface area contributed by atoms with Crippen LogP contribution in [0.4, 0.5) is 0 Å². The fourth-order valence-electron chi connectivity index (χ4n) is 7.54. The van der Waals surface area contributed by atoms with Crippen LogP contribution in [0.5, 0.6) is 0 Å². The van der Waals surface area contributed by atoms with Gasteiger partial charge < -0.3 is 24.8 Å². The zero-order valence-corrected chi connectivity index (χ0v) is 33.7. The molecule has 2 aliphatic rings. The van der Waals surface area contributed by atoms with E-state index < -0.39 is 25.8 Å². The molecule has 50 heavy (non-hydrogen) atoms. The van der Waals surface area contributed by atoms with Crippen LogP contribution < -0.4 is 24.8 Å². The first-order valence-corrected chi connectivity index (χ1v) is 25.3. The molecule has 0 aliphatic heterocycles. The predicted octanol–water partition coefficient (Wildman–Crippen LogP) is 2.08. The molecule has 0 fully saturated rings. The number of allylic oxidation sites excluding steroid dienone is 2. The van der Waals surface area contributed by atoms with Gasteiger partial charge in [-0.1, -0.05) is 0 Å². The molecule has 0 bridgehead atoms. The molecule has 6 aromatic rings. The first-order valence-electron chi connectivity index (χ1n) is 16.3. The van der Waals surface area contributed by atoms with Crippen molar-refractivity contribution < 1.29 is 45.2 Å². The first kappa shape index (κ1) is 36.0. The number of aromatic nitrogens is 8. The first-order chi connectivity index (χ1) is 23.3. The Balaban J connectivity index is 0.00000216. The second kappa shape index (κ2) is 14.4. The molecule has 8 rings (SSSR count). The van der Waals surface area contributed by atoms with Gasteiger partial charge >= 0.3 is 290 Å². The average molecular weight is 795 g/mol. The summed E-state index contributed by atoms with van der Waals surface area (Å²) in [6.07, 6.45) is 8.27. The Kier molecular flexibility index (Phi) is 10.4. The van der Waals surface area contributed by atoms with Crippen molar-refractivity contribution >= 4 is 17.6 Å². The molecule has 0 N–H and O–H groups in total. The number of fused-ring (bicyclic) bond motifs is 2. The van der Waals surface area contributed by atoms with Crippen molar-refractivity contribution in [1.82, 2.24) is 40.4 Å². The van der Waals surface area contributed by atoms with Crippen molar-refractivity contribution in [3.8, 4) is 33.6 Å². The van der Waals surface area contributed by atoms with E-state index in [0.29, 0.717) is 7.25 Å². The van der Waals surface area contributed by atoms with E-state index in [-0.39, 0.29) is 24.8 Å². The molecule has 2 aliphatic carbocycles. The number of halogens is 2. The SMILES string of the molecule is CC1=Cc2c(cc(-c3ccc(C)cc3)cc2-n2cnnn2)[C@@H]1[Zr+2]([C@H]1C(C)=Cc2c1cc(-c1ccc(C)cc1)cc2-n1cnnn1)=[Si](C)C.[Cl-].[Cl-]. The average Bonchev–Trinajstić information content (AvgIpc) is 3.90. The molecule has 2 atom stereocenters. The molecule has 0 spiro atoms. The van der Waals surface area contributed by atoms with Gasteiger partial charge in [-0.3, -0.25) is 0 Å². The van der Waals surface area contributed by atoms with Gasteiger partial charge in [-0.25, -0.2) is 0 Å². The van der Waals surface area contributed by atoms with Gasteiger partial charge in [-0.2, -0.15) is 0 Å². The molecular weight excluding hydrogens is 759 g/mol. The Morgan fingerprint density at radius 2 is 0.960 bits per heavy atom. The summed E-state index contributed by atoms with van der Waals surface area (Å²) >= 11 is -2.43. The number of rotatable bonds is 6. The number of hydrogen-bond acceptors (Lipinski definition) is 6. The normalized spacial score (nSPS) is 15.5. The minimum absolute atomic E-state index is 0. The molecule has 0 unspecified atom stereocenters. The topological polar surface area (TPSA) is 87.2 Å². The standard InChI is InChI=1S/2C18H15N4.C2H6Si.2ClH.Zr/c2*1-12-3-5-14(6-4-12)15-9-16-7-13(2)8-17(16)18(10-15)22-11-19-20-21-22;1-3-2;;;/h2*3-11H,1-2H3;1-2H3;2*1H;/q;;;;;+2/p-2. The fraction of sp³-hybridized carbons (Fsp3) is 0.211. The third-order valence-electron chi connectivity index (χ3n) is 9.82. The van der Waals surface area contributed by atoms with Crippen LogP contribution in [0, 0.1) is 13.8 Å². The van der Waals surface area contributed by atoms with Crippen LogP contribution in [0.1, 0.15) is 54.5 Å². The summed E-state index contributed by atoms with van der Waals surface area (Å²) in [5.41, 5.74) is 17.1. The van der Waals surface area contributed by atoms with Crippen molar-refractivity contribution in [2.75, 3.05) is 0 Å². The maximum Gasteiger partial charge on any atom is -1.00 e. The molecule has 4 aromatic carbocycles. The molecule has 2 aromatic heterocycles. The van der Waals surface area contributed by atoms with Gasteiger partial charge in [0.25, 0.3) is 0 Å². The van der Waals surface area contributed by atoms with E-state index in [2.05, 4.69) is 157 Å². The summed E-state index contributed by atoms with van der Waals surface area (Å²) in [6.45, 7) is 14.1. The van der Waals surface area contributed by atoms with E-state index in [9.17, 15) is 0 Å². The largest absolute Gasteiger partial charge is 1.00 e.